The van der Waals surface area contributed by atoms with E-state index in [-0.39, 0.29) is 0 Å². The quantitative estimate of drug-likeness (QED) is 0.581. The Morgan fingerprint density at radius 3 is 2.83 bits per heavy atom. The van der Waals surface area contributed by atoms with Crippen molar-refractivity contribution in [2.75, 3.05) is 0 Å². The molecule has 1 atom stereocenters. The van der Waals surface area contributed by atoms with Crippen LogP contribution in [0.2, 0.25) is 0 Å². The first-order chi connectivity index (χ1) is 5.68. The van der Waals surface area contributed by atoms with Crippen LogP contribution in [0, 0.1) is 17.7 Å². The number of pyridine rings is 1. The molecule has 3 heteroatoms. The molecule has 0 saturated heterocycles. The topological polar surface area (TPSA) is 33.1 Å². The minimum Gasteiger partial charge on any atom is -0.381 e. The Hall–Kier alpha value is -1.40. The van der Waals surface area contributed by atoms with Crippen LogP contribution in [0.1, 0.15) is 12.6 Å². The van der Waals surface area contributed by atoms with Gasteiger partial charge in [-0.2, -0.15) is 0 Å². The Kier molecular flexibility index (Phi) is 2.78. The molecular weight excluding hydrogens is 157 g/mol. The molecule has 0 amide bonds. The average molecular weight is 165 g/mol. The van der Waals surface area contributed by atoms with Crippen LogP contribution in [0.15, 0.2) is 18.3 Å². The highest BCUT2D eigenvalue weighted by Gasteiger charge is 1.90. The average Bonchev–Trinajstić information content (AvgIpc) is 2.03. The maximum Gasteiger partial charge on any atom is 0.141 e. The molecular formula is C9H8FNO. The van der Waals surface area contributed by atoms with Gasteiger partial charge in [-0.15, -0.1) is 0 Å². The van der Waals surface area contributed by atoms with E-state index in [1.165, 1.54) is 12.1 Å². The maximum atomic E-state index is 12.3. The van der Waals surface area contributed by atoms with Gasteiger partial charge in [-0.05, 0) is 25.0 Å². The summed E-state index contributed by atoms with van der Waals surface area (Å²) >= 11 is 0. The zero-order valence-electron chi connectivity index (χ0n) is 6.58. The SMILES string of the molecule is C[C@H](O)C#Cc1ccc(F)cn1. The first kappa shape index (κ1) is 8.69. The third-order valence-electron chi connectivity index (χ3n) is 1.14. The molecule has 1 N–H and O–H groups in total. The van der Waals surface area contributed by atoms with Gasteiger partial charge < -0.3 is 5.11 Å². The van der Waals surface area contributed by atoms with E-state index >= 15 is 0 Å². The van der Waals surface area contributed by atoms with Crippen LogP contribution in [0.25, 0.3) is 0 Å². The van der Waals surface area contributed by atoms with Crippen molar-refractivity contribution in [2.45, 2.75) is 13.0 Å². The largest absolute Gasteiger partial charge is 0.381 e. The van der Waals surface area contributed by atoms with Crippen LogP contribution < -0.4 is 0 Å². The summed E-state index contributed by atoms with van der Waals surface area (Å²) in [6, 6.07) is 2.74. The van der Waals surface area contributed by atoms with Crippen LogP contribution in [0.5, 0.6) is 0 Å². The van der Waals surface area contributed by atoms with E-state index in [0.29, 0.717) is 5.69 Å². The number of halogens is 1. The van der Waals surface area contributed by atoms with Crippen molar-refractivity contribution in [2.24, 2.45) is 0 Å². The van der Waals surface area contributed by atoms with E-state index in [9.17, 15) is 4.39 Å². The number of nitrogens with zero attached hydrogens (tertiary/aromatic N) is 1. The molecule has 0 aromatic carbocycles. The fourth-order valence-electron chi connectivity index (χ4n) is 0.628. The number of rotatable bonds is 0. The zero-order chi connectivity index (χ0) is 8.97. The summed E-state index contributed by atoms with van der Waals surface area (Å²) in [7, 11) is 0. The summed E-state index contributed by atoms with van der Waals surface area (Å²) in [6.45, 7) is 1.55. The smallest absolute Gasteiger partial charge is 0.141 e. The van der Waals surface area contributed by atoms with E-state index < -0.39 is 11.9 Å². The molecule has 0 spiro atoms. The molecule has 0 bridgehead atoms. The van der Waals surface area contributed by atoms with Gasteiger partial charge in [0.25, 0.3) is 0 Å². The summed E-state index contributed by atoms with van der Waals surface area (Å²) in [5, 5.41) is 8.79. The summed E-state index contributed by atoms with van der Waals surface area (Å²) in [5.41, 5.74) is 0.456. The van der Waals surface area contributed by atoms with Gasteiger partial charge in [0.2, 0.25) is 0 Å². The van der Waals surface area contributed by atoms with Gasteiger partial charge in [-0.3, -0.25) is 0 Å². The van der Waals surface area contributed by atoms with Crippen molar-refractivity contribution in [3.8, 4) is 11.8 Å². The Labute approximate surface area is 70.1 Å². The summed E-state index contributed by atoms with van der Waals surface area (Å²) in [4.78, 5) is 3.69. The Morgan fingerprint density at radius 1 is 1.58 bits per heavy atom. The molecule has 1 rings (SSSR count). The van der Waals surface area contributed by atoms with Crippen molar-refractivity contribution in [1.29, 1.82) is 0 Å². The molecule has 0 saturated carbocycles. The second kappa shape index (κ2) is 3.84. The van der Waals surface area contributed by atoms with E-state index in [1.807, 2.05) is 0 Å². The van der Waals surface area contributed by atoms with Crippen molar-refractivity contribution in [3.63, 3.8) is 0 Å². The van der Waals surface area contributed by atoms with E-state index in [0.717, 1.165) is 6.20 Å². The third-order valence-corrected chi connectivity index (χ3v) is 1.14. The Morgan fingerprint density at radius 2 is 2.33 bits per heavy atom. The third kappa shape index (κ3) is 2.69. The number of aliphatic hydroxyl groups excluding tert-OH is 1. The van der Waals surface area contributed by atoms with Crippen molar-refractivity contribution in [3.05, 3.63) is 29.8 Å². The first-order valence-electron chi connectivity index (χ1n) is 3.49. The number of aliphatic hydroxyl groups is 1. The molecule has 0 aliphatic rings. The summed E-state index contributed by atoms with van der Waals surface area (Å²) in [5.74, 6) is 4.70. The predicted octanol–water partition coefficient (Wildman–Crippen LogP) is 0.953. The number of aromatic nitrogens is 1. The monoisotopic (exact) mass is 165 g/mol. The lowest BCUT2D eigenvalue weighted by atomic mass is 10.3. The van der Waals surface area contributed by atoms with Crippen molar-refractivity contribution < 1.29 is 9.50 Å². The highest BCUT2D eigenvalue weighted by atomic mass is 19.1. The van der Waals surface area contributed by atoms with E-state index in [2.05, 4.69) is 16.8 Å². The lowest BCUT2D eigenvalue weighted by Crippen LogP contribution is -1.93. The van der Waals surface area contributed by atoms with Gasteiger partial charge >= 0.3 is 0 Å². The van der Waals surface area contributed by atoms with Crippen LogP contribution in [0.3, 0.4) is 0 Å². The fraction of sp³-hybridized carbons (Fsp3) is 0.222. The Balaban J connectivity index is 2.79. The standard InChI is InChI=1S/C9H8FNO/c1-7(12)2-4-9-5-3-8(10)6-11-9/h3,5-7,12H,1H3/t7-/m0/s1. The summed E-state index contributed by atoms with van der Waals surface area (Å²) in [6.07, 6.45) is 0.406. The molecule has 62 valence electrons. The van der Waals surface area contributed by atoms with Gasteiger partial charge in [0.15, 0.2) is 0 Å². The Bertz CT molecular complexity index is 308. The minimum absolute atomic E-state index is 0.391. The lowest BCUT2D eigenvalue weighted by Gasteiger charge is -1.89. The molecule has 0 fully saturated rings. The zero-order valence-corrected chi connectivity index (χ0v) is 6.58. The van der Waals surface area contributed by atoms with E-state index in [4.69, 9.17) is 5.11 Å². The molecule has 2 nitrogen and oxygen atoms in total. The summed E-state index contributed by atoms with van der Waals surface area (Å²) < 4.78 is 12.3. The van der Waals surface area contributed by atoms with Gasteiger partial charge in [-0.1, -0.05) is 5.92 Å². The maximum absolute atomic E-state index is 12.3. The predicted molar refractivity (Wildman–Crippen MR) is 42.8 cm³/mol. The first-order valence-corrected chi connectivity index (χ1v) is 3.49. The van der Waals surface area contributed by atoms with Gasteiger partial charge in [0, 0.05) is 0 Å². The van der Waals surface area contributed by atoms with Crippen LogP contribution in [0.4, 0.5) is 4.39 Å². The van der Waals surface area contributed by atoms with Gasteiger partial charge in [0.1, 0.15) is 17.6 Å². The van der Waals surface area contributed by atoms with Crippen molar-refractivity contribution in [1.82, 2.24) is 4.98 Å². The molecule has 12 heavy (non-hydrogen) atoms. The van der Waals surface area contributed by atoms with Crippen LogP contribution >= 0.6 is 0 Å². The van der Waals surface area contributed by atoms with Gasteiger partial charge in [-0.25, -0.2) is 9.37 Å². The second-order valence-electron chi connectivity index (χ2n) is 2.31. The minimum atomic E-state index is -0.683. The molecule has 1 aromatic rings. The molecule has 1 heterocycles. The van der Waals surface area contributed by atoms with E-state index in [1.54, 1.807) is 6.92 Å². The van der Waals surface area contributed by atoms with Crippen molar-refractivity contribution >= 4 is 0 Å². The second-order valence-corrected chi connectivity index (χ2v) is 2.31. The normalized spacial score (nSPS) is 11.6. The lowest BCUT2D eigenvalue weighted by molar-refractivity contribution is 0.253. The highest BCUT2D eigenvalue weighted by molar-refractivity contribution is 5.27. The molecule has 1 aromatic heterocycles. The molecule has 0 radical (unpaired) electrons. The van der Waals surface area contributed by atoms with Gasteiger partial charge in [0.05, 0.1) is 6.20 Å². The highest BCUT2D eigenvalue weighted by Crippen LogP contribution is 1.95. The number of hydrogen-bond acceptors (Lipinski definition) is 2. The molecule has 0 aliphatic heterocycles. The number of hydrogen-bond donors (Lipinski definition) is 1. The molecule has 0 unspecified atom stereocenters. The van der Waals surface area contributed by atoms with Crippen LogP contribution in [-0.4, -0.2) is 16.2 Å². The van der Waals surface area contributed by atoms with Crippen LogP contribution in [-0.2, 0) is 0 Å². The molecule has 0 aliphatic carbocycles. The fourth-order valence-corrected chi connectivity index (χ4v) is 0.628.